The molecule has 4 rings (SSSR count). The van der Waals surface area contributed by atoms with Crippen molar-refractivity contribution < 1.29 is 19.1 Å². The van der Waals surface area contributed by atoms with Crippen LogP contribution in [0.15, 0.2) is 0 Å². The van der Waals surface area contributed by atoms with Crippen molar-refractivity contribution >= 4 is 11.8 Å². The van der Waals surface area contributed by atoms with Gasteiger partial charge in [0.2, 0.25) is 11.8 Å². The van der Waals surface area contributed by atoms with Crippen LogP contribution in [0.3, 0.4) is 0 Å². The summed E-state index contributed by atoms with van der Waals surface area (Å²) in [5.74, 6) is -0.390. The van der Waals surface area contributed by atoms with Crippen molar-refractivity contribution in [1.82, 2.24) is 14.7 Å². The minimum absolute atomic E-state index is 0.0308. The molecule has 3 saturated heterocycles. The third-order valence-corrected chi connectivity index (χ3v) is 6.30. The number of amides is 2. The van der Waals surface area contributed by atoms with Crippen molar-refractivity contribution in [3.63, 3.8) is 0 Å². The van der Waals surface area contributed by atoms with Crippen molar-refractivity contribution in [1.29, 1.82) is 0 Å². The van der Waals surface area contributed by atoms with E-state index in [2.05, 4.69) is 11.8 Å². The van der Waals surface area contributed by atoms with Crippen molar-refractivity contribution in [2.75, 3.05) is 59.0 Å². The number of piperazine rings is 1. The fourth-order valence-electron chi connectivity index (χ4n) is 4.35. The largest absolute Gasteiger partial charge is 0.347 e. The van der Waals surface area contributed by atoms with E-state index in [1.165, 1.54) is 0 Å². The first-order chi connectivity index (χ1) is 12.1. The molecule has 3 heterocycles. The Labute approximate surface area is 149 Å². The molecule has 25 heavy (non-hydrogen) atoms. The van der Waals surface area contributed by atoms with Crippen LogP contribution in [0, 0.1) is 5.41 Å². The van der Waals surface area contributed by atoms with Crippen LogP contribution < -0.4 is 0 Å². The van der Waals surface area contributed by atoms with Gasteiger partial charge >= 0.3 is 0 Å². The number of likely N-dealkylation sites (tertiary alicyclic amines) is 1. The van der Waals surface area contributed by atoms with Crippen LogP contribution in [0.5, 0.6) is 0 Å². The van der Waals surface area contributed by atoms with E-state index in [0.717, 1.165) is 32.7 Å². The van der Waals surface area contributed by atoms with Crippen LogP contribution in [-0.4, -0.2) is 91.3 Å². The fourth-order valence-corrected chi connectivity index (χ4v) is 4.35. The van der Waals surface area contributed by atoms with Crippen LogP contribution >= 0.6 is 0 Å². The second kappa shape index (κ2) is 6.52. The maximum Gasteiger partial charge on any atom is 0.238 e. The lowest BCUT2D eigenvalue weighted by atomic mass is 9.98. The zero-order valence-electron chi connectivity index (χ0n) is 15.2. The Hall–Kier alpha value is -1.18. The van der Waals surface area contributed by atoms with Gasteiger partial charge < -0.3 is 24.2 Å². The van der Waals surface area contributed by atoms with E-state index in [0.29, 0.717) is 52.0 Å². The van der Waals surface area contributed by atoms with Crippen LogP contribution in [0.1, 0.15) is 32.6 Å². The molecule has 1 saturated carbocycles. The highest BCUT2D eigenvalue weighted by atomic mass is 16.7. The van der Waals surface area contributed by atoms with Gasteiger partial charge in [-0.1, -0.05) is 6.92 Å². The maximum atomic E-state index is 13.1. The molecule has 0 aromatic heterocycles. The highest BCUT2D eigenvalue weighted by molar-refractivity contribution is 6.07. The molecule has 4 aliphatic rings. The monoisotopic (exact) mass is 351 g/mol. The number of rotatable bonds is 3. The standard InChI is InChI=1S/C18H29N3O4/c1-2-19-9-11-21(12-10-19)16(23)17(3-4-17)15(22)20-7-5-18(6-8-20)24-13-14-25-18/h2-14H2,1H3. The molecule has 0 atom stereocenters. The van der Waals surface area contributed by atoms with Crippen molar-refractivity contribution in [3.8, 4) is 0 Å². The molecule has 0 aromatic carbocycles. The quantitative estimate of drug-likeness (QED) is 0.684. The second-order valence-electron chi connectivity index (χ2n) is 7.71. The molecule has 1 spiro atoms. The molecule has 1 aliphatic carbocycles. The molecular formula is C18H29N3O4. The minimum Gasteiger partial charge on any atom is -0.347 e. The number of carbonyl (C=O) groups excluding carboxylic acids is 2. The van der Waals surface area contributed by atoms with Gasteiger partial charge in [0, 0.05) is 52.1 Å². The molecule has 7 heteroatoms. The predicted octanol–water partition coefficient (Wildman–Crippen LogP) is 0.296. The number of nitrogens with zero attached hydrogens (tertiary/aromatic N) is 3. The van der Waals surface area contributed by atoms with E-state index < -0.39 is 11.2 Å². The number of ether oxygens (including phenoxy) is 2. The topological polar surface area (TPSA) is 62.3 Å². The molecule has 4 fully saturated rings. The van der Waals surface area contributed by atoms with E-state index in [1.807, 2.05) is 9.80 Å². The summed E-state index contributed by atoms with van der Waals surface area (Å²) in [7, 11) is 0. The van der Waals surface area contributed by atoms with E-state index in [1.54, 1.807) is 0 Å². The van der Waals surface area contributed by atoms with E-state index in [4.69, 9.17) is 9.47 Å². The predicted molar refractivity (Wildman–Crippen MR) is 90.8 cm³/mol. The number of hydrogen-bond donors (Lipinski definition) is 0. The molecule has 0 aromatic rings. The SMILES string of the molecule is CCN1CCN(C(=O)C2(C(=O)N3CCC4(CC3)OCCO4)CC2)CC1. The van der Waals surface area contributed by atoms with Crippen molar-refractivity contribution in [2.45, 2.75) is 38.4 Å². The molecular weight excluding hydrogens is 322 g/mol. The zero-order chi connectivity index (χ0) is 17.5. The molecule has 0 N–H and O–H groups in total. The first-order valence-electron chi connectivity index (χ1n) is 9.68. The number of likely N-dealkylation sites (N-methyl/N-ethyl adjacent to an activating group) is 1. The summed E-state index contributed by atoms with van der Waals surface area (Å²) in [6.07, 6.45) is 2.82. The van der Waals surface area contributed by atoms with Crippen LogP contribution in [0.25, 0.3) is 0 Å². The zero-order valence-corrected chi connectivity index (χ0v) is 15.2. The van der Waals surface area contributed by atoms with E-state index in [9.17, 15) is 9.59 Å². The third-order valence-electron chi connectivity index (χ3n) is 6.30. The number of carbonyl (C=O) groups is 2. The van der Waals surface area contributed by atoms with Crippen LogP contribution in [0.2, 0.25) is 0 Å². The summed E-state index contributed by atoms with van der Waals surface area (Å²) in [4.78, 5) is 32.2. The number of piperidine rings is 1. The van der Waals surface area contributed by atoms with Gasteiger partial charge in [-0.05, 0) is 19.4 Å². The summed E-state index contributed by atoms with van der Waals surface area (Å²) < 4.78 is 11.5. The molecule has 7 nitrogen and oxygen atoms in total. The average molecular weight is 351 g/mol. The Kier molecular flexibility index (Phi) is 4.50. The van der Waals surface area contributed by atoms with Crippen molar-refractivity contribution in [3.05, 3.63) is 0 Å². The highest BCUT2D eigenvalue weighted by Crippen LogP contribution is 2.49. The summed E-state index contributed by atoms with van der Waals surface area (Å²) in [5, 5.41) is 0. The first-order valence-corrected chi connectivity index (χ1v) is 9.68. The van der Waals surface area contributed by atoms with Gasteiger partial charge in [0.25, 0.3) is 0 Å². The molecule has 0 radical (unpaired) electrons. The lowest BCUT2D eigenvalue weighted by Gasteiger charge is -2.40. The normalized spacial score (nSPS) is 28.4. The van der Waals surface area contributed by atoms with Gasteiger partial charge in [-0.25, -0.2) is 0 Å². The Balaban J connectivity index is 1.36. The lowest BCUT2D eigenvalue weighted by Crippen LogP contribution is -2.55. The summed E-state index contributed by atoms with van der Waals surface area (Å²) in [6.45, 7) is 8.99. The highest BCUT2D eigenvalue weighted by Gasteiger charge is 2.60. The molecule has 2 amide bonds. The lowest BCUT2D eigenvalue weighted by molar-refractivity contribution is -0.189. The minimum atomic E-state index is -0.768. The van der Waals surface area contributed by atoms with Gasteiger partial charge in [0.1, 0.15) is 5.41 Å². The third kappa shape index (κ3) is 3.06. The first kappa shape index (κ1) is 17.2. The van der Waals surface area contributed by atoms with Gasteiger partial charge in [0.15, 0.2) is 5.79 Å². The van der Waals surface area contributed by atoms with Crippen LogP contribution in [0.4, 0.5) is 0 Å². The molecule has 0 bridgehead atoms. The van der Waals surface area contributed by atoms with Crippen LogP contribution in [-0.2, 0) is 19.1 Å². The van der Waals surface area contributed by atoms with E-state index >= 15 is 0 Å². The summed E-state index contributed by atoms with van der Waals surface area (Å²) in [5.41, 5.74) is -0.768. The smallest absolute Gasteiger partial charge is 0.238 e. The second-order valence-corrected chi connectivity index (χ2v) is 7.71. The van der Waals surface area contributed by atoms with Gasteiger partial charge in [-0.2, -0.15) is 0 Å². The summed E-state index contributed by atoms with van der Waals surface area (Å²) >= 11 is 0. The maximum absolute atomic E-state index is 13.1. The Bertz CT molecular complexity index is 524. The van der Waals surface area contributed by atoms with Gasteiger partial charge in [-0.3, -0.25) is 9.59 Å². The summed E-state index contributed by atoms with van der Waals surface area (Å²) in [6, 6.07) is 0. The Morgan fingerprint density at radius 1 is 0.800 bits per heavy atom. The Morgan fingerprint density at radius 2 is 1.32 bits per heavy atom. The molecule has 3 aliphatic heterocycles. The Morgan fingerprint density at radius 3 is 1.80 bits per heavy atom. The van der Waals surface area contributed by atoms with Crippen molar-refractivity contribution in [2.24, 2.45) is 5.41 Å². The molecule has 0 unspecified atom stereocenters. The van der Waals surface area contributed by atoms with E-state index in [-0.39, 0.29) is 11.8 Å². The number of hydrogen-bond acceptors (Lipinski definition) is 5. The van der Waals surface area contributed by atoms with Gasteiger partial charge in [0.05, 0.1) is 13.2 Å². The molecule has 140 valence electrons. The van der Waals surface area contributed by atoms with Gasteiger partial charge in [-0.15, -0.1) is 0 Å². The average Bonchev–Trinajstić information content (AvgIpc) is 3.36. The fraction of sp³-hybridized carbons (Fsp3) is 0.889.